The van der Waals surface area contributed by atoms with Crippen LogP contribution in [0.25, 0.3) is 0 Å². The van der Waals surface area contributed by atoms with Crippen LogP contribution in [0, 0.1) is 12.3 Å². The molecule has 0 saturated carbocycles. The standard InChI is InChI=1S/C14H21NO3/c1-10-4-5-12(18-10)11(2)15-8-6-14(3,7-9-15)13(16)17/h4-5,11H,6-9H2,1-3H3,(H,16,17). The highest BCUT2D eigenvalue weighted by atomic mass is 16.4. The lowest BCUT2D eigenvalue weighted by Crippen LogP contribution is -2.43. The predicted molar refractivity (Wildman–Crippen MR) is 68.4 cm³/mol. The van der Waals surface area contributed by atoms with Crippen LogP contribution in [-0.4, -0.2) is 29.1 Å². The molecule has 0 bridgehead atoms. The second-order valence-electron chi connectivity index (χ2n) is 5.53. The molecule has 1 atom stereocenters. The molecule has 1 unspecified atom stereocenters. The van der Waals surface area contributed by atoms with E-state index in [4.69, 9.17) is 4.42 Å². The SMILES string of the molecule is Cc1ccc(C(C)N2CCC(C)(C(=O)O)CC2)o1. The van der Waals surface area contributed by atoms with E-state index in [1.807, 2.05) is 26.0 Å². The van der Waals surface area contributed by atoms with E-state index in [2.05, 4.69) is 11.8 Å². The van der Waals surface area contributed by atoms with Crippen LogP contribution in [-0.2, 0) is 4.79 Å². The fourth-order valence-corrected chi connectivity index (χ4v) is 2.48. The number of piperidine rings is 1. The molecule has 2 heterocycles. The first-order valence-corrected chi connectivity index (χ1v) is 6.46. The number of carbonyl (C=O) groups is 1. The summed E-state index contributed by atoms with van der Waals surface area (Å²) < 4.78 is 5.64. The molecule has 1 N–H and O–H groups in total. The lowest BCUT2D eigenvalue weighted by Gasteiger charge is -2.38. The fourth-order valence-electron chi connectivity index (χ4n) is 2.48. The highest BCUT2D eigenvalue weighted by Crippen LogP contribution is 2.34. The Kier molecular flexibility index (Phi) is 3.48. The van der Waals surface area contributed by atoms with Crippen molar-refractivity contribution in [2.45, 2.75) is 39.7 Å². The number of hydrogen-bond acceptors (Lipinski definition) is 3. The van der Waals surface area contributed by atoms with Crippen molar-refractivity contribution < 1.29 is 14.3 Å². The molecule has 0 spiro atoms. The maximum Gasteiger partial charge on any atom is 0.309 e. The van der Waals surface area contributed by atoms with Crippen molar-refractivity contribution in [3.8, 4) is 0 Å². The van der Waals surface area contributed by atoms with E-state index in [0.717, 1.165) is 24.6 Å². The van der Waals surface area contributed by atoms with Gasteiger partial charge in [-0.15, -0.1) is 0 Å². The zero-order valence-electron chi connectivity index (χ0n) is 11.3. The number of carboxylic acids is 1. The zero-order valence-corrected chi connectivity index (χ0v) is 11.3. The molecule has 100 valence electrons. The van der Waals surface area contributed by atoms with Gasteiger partial charge in [0.15, 0.2) is 0 Å². The van der Waals surface area contributed by atoms with Gasteiger partial charge in [0.2, 0.25) is 0 Å². The van der Waals surface area contributed by atoms with Gasteiger partial charge in [-0.25, -0.2) is 0 Å². The van der Waals surface area contributed by atoms with E-state index >= 15 is 0 Å². The van der Waals surface area contributed by atoms with Crippen molar-refractivity contribution >= 4 is 5.97 Å². The highest BCUT2D eigenvalue weighted by Gasteiger charge is 2.38. The first kappa shape index (κ1) is 13.1. The summed E-state index contributed by atoms with van der Waals surface area (Å²) in [6.07, 6.45) is 1.40. The summed E-state index contributed by atoms with van der Waals surface area (Å²) in [5, 5.41) is 9.21. The van der Waals surface area contributed by atoms with Gasteiger partial charge in [-0.2, -0.15) is 0 Å². The summed E-state index contributed by atoms with van der Waals surface area (Å²) in [5.74, 6) is 1.21. The van der Waals surface area contributed by atoms with E-state index in [-0.39, 0.29) is 6.04 Å². The minimum Gasteiger partial charge on any atom is -0.481 e. The van der Waals surface area contributed by atoms with Gasteiger partial charge in [0, 0.05) is 0 Å². The normalized spacial score (nSPS) is 21.7. The predicted octanol–water partition coefficient (Wildman–Crippen LogP) is 2.84. The highest BCUT2D eigenvalue weighted by molar-refractivity contribution is 5.74. The largest absolute Gasteiger partial charge is 0.481 e. The number of furan rings is 1. The Bertz CT molecular complexity index is 430. The van der Waals surface area contributed by atoms with Crippen molar-refractivity contribution in [3.63, 3.8) is 0 Å². The Morgan fingerprint density at radius 3 is 2.50 bits per heavy atom. The van der Waals surface area contributed by atoms with Gasteiger partial charge >= 0.3 is 5.97 Å². The molecule has 4 heteroatoms. The lowest BCUT2D eigenvalue weighted by atomic mass is 9.80. The molecule has 2 rings (SSSR count). The first-order valence-electron chi connectivity index (χ1n) is 6.46. The van der Waals surface area contributed by atoms with E-state index in [1.54, 1.807) is 0 Å². The zero-order chi connectivity index (χ0) is 13.3. The van der Waals surface area contributed by atoms with Gasteiger partial charge in [0.25, 0.3) is 0 Å². The van der Waals surface area contributed by atoms with Crippen LogP contribution in [0.1, 0.15) is 44.3 Å². The molecule has 0 radical (unpaired) electrons. The Morgan fingerprint density at radius 1 is 1.44 bits per heavy atom. The third kappa shape index (κ3) is 2.43. The number of rotatable bonds is 3. The summed E-state index contributed by atoms with van der Waals surface area (Å²) in [4.78, 5) is 13.5. The van der Waals surface area contributed by atoms with Gasteiger partial charge in [0.05, 0.1) is 11.5 Å². The van der Waals surface area contributed by atoms with E-state index < -0.39 is 11.4 Å². The van der Waals surface area contributed by atoms with Crippen molar-refractivity contribution in [2.24, 2.45) is 5.41 Å². The molecule has 1 aromatic rings. The van der Waals surface area contributed by atoms with Gasteiger partial charge in [-0.05, 0) is 58.8 Å². The lowest BCUT2D eigenvalue weighted by molar-refractivity contribution is -0.151. The van der Waals surface area contributed by atoms with Gasteiger partial charge < -0.3 is 9.52 Å². The Labute approximate surface area is 108 Å². The minimum absolute atomic E-state index is 0.219. The summed E-state index contributed by atoms with van der Waals surface area (Å²) >= 11 is 0. The quantitative estimate of drug-likeness (QED) is 0.897. The molecule has 1 fully saturated rings. The van der Waals surface area contributed by atoms with Crippen LogP contribution < -0.4 is 0 Å². The maximum absolute atomic E-state index is 11.2. The molecular formula is C14H21NO3. The topological polar surface area (TPSA) is 53.7 Å². The van der Waals surface area contributed by atoms with Crippen LogP contribution in [0.5, 0.6) is 0 Å². The average molecular weight is 251 g/mol. The van der Waals surface area contributed by atoms with E-state index in [1.165, 1.54) is 0 Å². The molecule has 1 aliphatic rings. The summed E-state index contributed by atoms with van der Waals surface area (Å²) in [5.41, 5.74) is -0.560. The van der Waals surface area contributed by atoms with Crippen LogP contribution in [0.2, 0.25) is 0 Å². The second kappa shape index (κ2) is 4.76. The minimum atomic E-state index is -0.677. The number of likely N-dealkylation sites (tertiary alicyclic amines) is 1. The molecule has 0 amide bonds. The number of nitrogens with zero attached hydrogens (tertiary/aromatic N) is 1. The van der Waals surface area contributed by atoms with Gasteiger partial charge in [-0.1, -0.05) is 0 Å². The maximum atomic E-state index is 11.2. The number of carboxylic acid groups (broad SMARTS) is 1. The third-order valence-electron chi connectivity index (χ3n) is 4.14. The molecule has 0 aromatic carbocycles. The molecular weight excluding hydrogens is 230 g/mol. The summed E-state index contributed by atoms with van der Waals surface area (Å²) in [6.45, 7) is 7.51. The molecule has 18 heavy (non-hydrogen) atoms. The number of hydrogen-bond donors (Lipinski definition) is 1. The molecule has 4 nitrogen and oxygen atoms in total. The molecule has 1 aromatic heterocycles. The van der Waals surface area contributed by atoms with Gasteiger partial charge in [0.1, 0.15) is 11.5 Å². The number of aliphatic carboxylic acids is 1. The van der Waals surface area contributed by atoms with Crippen LogP contribution >= 0.6 is 0 Å². The first-order chi connectivity index (χ1) is 8.42. The van der Waals surface area contributed by atoms with Crippen molar-refractivity contribution in [2.75, 3.05) is 13.1 Å². The second-order valence-corrected chi connectivity index (χ2v) is 5.53. The van der Waals surface area contributed by atoms with E-state index in [9.17, 15) is 9.90 Å². The molecule has 0 aliphatic carbocycles. The fraction of sp³-hybridized carbons (Fsp3) is 0.643. The summed E-state index contributed by atoms with van der Waals surface area (Å²) in [7, 11) is 0. The van der Waals surface area contributed by atoms with Crippen molar-refractivity contribution in [1.82, 2.24) is 4.90 Å². The monoisotopic (exact) mass is 251 g/mol. The summed E-state index contributed by atoms with van der Waals surface area (Å²) in [6, 6.07) is 4.19. The number of aryl methyl sites for hydroxylation is 1. The van der Waals surface area contributed by atoms with Crippen LogP contribution in [0.4, 0.5) is 0 Å². The smallest absolute Gasteiger partial charge is 0.309 e. The average Bonchev–Trinajstić information content (AvgIpc) is 2.76. The van der Waals surface area contributed by atoms with Crippen LogP contribution in [0.15, 0.2) is 16.5 Å². The van der Waals surface area contributed by atoms with Crippen molar-refractivity contribution in [1.29, 1.82) is 0 Å². The Morgan fingerprint density at radius 2 is 2.06 bits per heavy atom. The Balaban J connectivity index is 2.00. The Hall–Kier alpha value is -1.29. The molecule has 1 saturated heterocycles. The van der Waals surface area contributed by atoms with E-state index in [0.29, 0.717) is 12.8 Å². The molecule has 1 aliphatic heterocycles. The van der Waals surface area contributed by atoms with Crippen LogP contribution in [0.3, 0.4) is 0 Å². The van der Waals surface area contributed by atoms with Gasteiger partial charge in [-0.3, -0.25) is 9.69 Å². The van der Waals surface area contributed by atoms with Crippen molar-refractivity contribution in [3.05, 3.63) is 23.7 Å². The third-order valence-corrected chi connectivity index (χ3v) is 4.14.